The monoisotopic (exact) mass is 206 g/mol. The lowest BCUT2D eigenvalue weighted by molar-refractivity contribution is 0.123. The molecule has 80 valence electrons. The molecule has 1 rings (SSSR count). The van der Waals surface area contributed by atoms with Gasteiger partial charge in [0.1, 0.15) is 0 Å². The van der Waals surface area contributed by atoms with Crippen molar-refractivity contribution < 1.29 is 0 Å². The maximum absolute atomic E-state index is 3.41. The summed E-state index contributed by atoms with van der Waals surface area (Å²) in [5.41, 5.74) is 0.436. The van der Waals surface area contributed by atoms with Crippen molar-refractivity contribution in [3.05, 3.63) is 0 Å². The van der Waals surface area contributed by atoms with Crippen LogP contribution < -0.4 is 5.32 Å². The highest BCUT2D eigenvalue weighted by molar-refractivity contribution is 5.85. The zero-order valence-electron chi connectivity index (χ0n) is 9.26. The van der Waals surface area contributed by atoms with Crippen LogP contribution in [0.2, 0.25) is 0 Å². The summed E-state index contributed by atoms with van der Waals surface area (Å²) in [6.45, 7) is 14.0. The second kappa shape index (κ2) is 5.18. The van der Waals surface area contributed by atoms with E-state index in [1.807, 2.05) is 0 Å². The summed E-state index contributed by atoms with van der Waals surface area (Å²) >= 11 is 0. The van der Waals surface area contributed by atoms with Gasteiger partial charge in [0.05, 0.1) is 0 Å². The minimum absolute atomic E-state index is 0. The molecule has 0 saturated carbocycles. The lowest BCUT2D eigenvalue weighted by atomic mass is 9.95. The highest BCUT2D eigenvalue weighted by Gasteiger charge is 2.22. The van der Waals surface area contributed by atoms with E-state index in [1.54, 1.807) is 0 Å². The highest BCUT2D eigenvalue weighted by Crippen LogP contribution is 2.17. The quantitative estimate of drug-likeness (QED) is 0.704. The van der Waals surface area contributed by atoms with E-state index in [2.05, 4.69) is 37.9 Å². The number of nitrogens with one attached hydrogen (secondary N) is 1. The molecular weight excluding hydrogens is 184 g/mol. The first-order chi connectivity index (χ1) is 5.49. The number of piperazine rings is 1. The molecule has 0 unspecified atom stereocenters. The van der Waals surface area contributed by atoms with Crippen molar-refractivity contribution in [3.63, 3.8) is 0 Å². The van der Waals surface area contributed by atoms with Gasteiger partial charge in [-0.05, 0) is 12.3 Å². The molecule has 1 saturated heterocycles. The van der Waals surface area contributed by atoms with Crippen LogP contribution in [0.4, 0.5) is 0 Å². The molecule has 1 N–H and O–H groups in total. The molecule has 1 fully saturated rings. The third kappa shape index (κ3) is 4.84. The summed E-state index contributed by atoms with van der Waals surface area (Å²) in [5.74, 6) is 0. The second-order valence-electron chi connectivity index (χ2n) is 5.08. The van der Waals surface area contributed by atoms with Crippen LogP contribution in [0.3, 0.4) is 0 Å². The minimum atomic E-state index is 0. The molecular formula is C10H23ClN2. The Labute approximate surface area is 88.5 Å². The molecule has 0 radical (unpaired) electrons. The predicted octanol–water partition coefficient (Wildman–Crippen LogP) is 1.75. The number of rotatable bonds is 1. The van der Waals surface area contributed by atoms with Crippen LogP contribution in [0.15, 0.2) is 0 Å². The molecule has 1 aliphatic heterocycles. The van der Waals surface area contributed by atoms with Gasteiger partial charge >= 0.3 is 0 Å². The fraction of sp³-hybridized carbons (Fsp3) is 1.00. The number of hydrogen-bond acceptors (Lipinski definition) is 2. The number of nitrogens with zero attached hydrogens (tertiary/aromatic N) is 1. The molecule has 0 aromatic heterocycles. The Morgan fingerprint density at radius 1 is 1.38 bits per heavy atom. The molecule has 2 nitrogen and oxygen atoms in total. The molecule has 1 atom stereocenters. The van der Waals surface area contributed by atoms with E-state index >= 15 is 0 Å². The molecule has 3 heteroatoms. The fourth-order valence-corrected chi connectivity index (χ4v) is 1.73. The average molecular weight is 207 g/mol. The van der Waals surface area contributed by atoms with Gasteiger partial charge in [-0.1, -0.05) is 20.8 Å². The Balaban J connectivity index is 0.00000144. The summed E-state index contributed by atoms with van der Waals surface area (Å²) in [5, 5.41) is 3.41. The first kappa shape index (κ1) is 13.2. The summed E-state index contributed by atoms with van der Waals surface area (Å²) in [4.78, 5) is 2.58. The Bertz CT molecular complexity index is 142. The normalized spacial score (nSPS) is 25.4. The van der Waals surface area contributed by atoms with Crippen LogP contribution in [-0.2, 0) is 0 Å². The van der Waals surface area contributed by atoms with Gasteiger partial charge in [-0.3, -0.25) is 4.90 Å². The topological polar surface area (TPSA) is 15.3 Å². The van der Waals surface area contributed by atoms with Gasteiger partial charge in [0.2, 0.25) is 0 Å². The molecule has 0 bridgehead atoms. The van der Waals surface area contributed by atoms with E-state index in [-0.39, 0.29) is 12.4 Å². The molecule has 0 aromatic carbocycles. The summed E-state index contributed by atoms with van der Waals surface area (Å²) in [7, 11) is 0. The second-order valence-corrected chi connectivity index (χ2v) is 5.08. The van der Waals surface area contributed by atoms with Crippen LogP contribution in [-0.4, -0.2) is 37.1 Å². The van der Waals surface area contributed by atoms with Crippen LogP contribution >= 0.6 is 12.4 Å². The zero-order valence-corrected chi connectivity index (χ0v) is 10.1. The van der Waals surface area contributed by atoms with Crippen molar-refractivity contribution in [1.82, 2.24) is 10.2 Å². The van der Waals surface area contributed by atoms with E-state index in [9.17, 15) is 0 Å². The van der Waals surface area contributed by atoms with Gasteiger partial charge in [-0.25, -0.2) is 0 Å². The molecule has 0 amide bonds. The van der Waals surface area contributed by atoms with Crippen molar-refractivity contribution in [1.29, 1.82) is 0 Å². The van der Waals surface area contributed by atoms with Crippen LogP contribution in [0, 0.1) is 5.41 Å². The third-order valence-electron chi connectivity index (χ3n) is 2.32. The van der Waals surface area contributed by atoms with Crippen molar-refractivity contribution in [3.8, 4) is 0 Å². The Kier molecular flexibility index (Phi) is 5.26. The van der Waals surface area contributed by atoms with Gasteiger partial charge in [0.25, 0.3) is 0 Å². The molecule has 0 aliphatic carbocycles. The van der Waals surface area contributed by atoms with Gasteiger partial charge in [0.15, 0.2) is 0 Å². The maximum atomic E-state index is 3.41. The van der Waals surface area contributed by atoms with Gasteiger partial charge in [-0.15, -0.1) is 12.4 Å². The SMILES string of the molecule is C[C@@H]1CNCCN1CC(C)(C)C.Cl. The molecule has 1 aliphatic rings. The van der Waals surface area contributed by atoms with Crippen LogP contribution in [0.5, 0.6) is 0 Å². The predicted molar refractivity (Wildman–Crippen MR) is 60.6 cm³/mol. The Hall–Kier alpha value is 0.210. The van der Waals surface area contributed by atoms with E-state index in [4.69, 9.17) is 0 Å². The first-order valence-electron chi connectivity index (χ1n) is 4.94. The van der Waals surface area contributed by atoms with E-state index in [0.29, 0.717) is 11.5 Å². The van der Waals surface area contributed by atoms with Crippen molar-refractivity contribution in [2.24, 2.45) is 5.41 Å². The lowest BCUT2D eigenvalue weighted by Crippen LogP contribution is -2.52. The summed E-state index contributed by atoms with van der Waals surface area (Å²) in [6.07, 6.45) is 0. The van der Waals surface area contributed by atoms with Gasteiger partial charge < -0.3 is 5.32 Å². The smallest absolute Gasteiger partial charge is 0.0193 e. The van der Waals surface area contributed by atoms with E-state index < -0.39 is 0 Å². The lowest BCUT2D eigenvalue weighted by Gasteiger charge is -2.38. The third-order valence-corrected chi connectivity index (χ3v) is 2.32. The van der Waals surface area contributed by atoms with Crippen LogP contribution in [0.1, 0.15) is 27.7 Å². The van der Waals surface area contributed by atoms with Crippen molar-refractivity contribution in [2.45, 2.75) is 33.7 Å². The van der Waals surface area contributed by atoms with E-state index in [1.165, 1.54) is 13.1 Å². The number of hydrogen-bond donors (Lipinski definition) is 1. The van der Waals surface area contributed by atoms with Crippen molar-refractivity contribution >= 4 is 12.4 Å². The standard InChI is InChI=1S/C10H22N2.ClH/c1-9-7-11-5-6-12(9)8-10(2,3)4;/h9,11H,5-8H2,1-4H3;1H/t9-;/m1./s1. The summed E-state index contributed by atoms with van der Waals surface area (Å²) < 4.78 is 0. The Morgan fingerprint density at radius 2 is 2.00 bits per heavy atom. The minimum Gasteiger partial charge on any atom is -0.314 e. The molecule has 1 heterocycles. The Morgan fingerprint density at radius 3 is 2.46 bits per heavy atom. The van der Waals surface area contributed by atoms with Gasteiger partial charge in [-0.2, -0.15) is 0 Å². The molecule has 0 spiro atoms. The largest absolute Gasteiger partial charge is 0.314 e. The molecule has 13 heavy (non-hydrogen) atoms. The maximum Gasteiger partial charge on any atom is 0.0193 e. The molecule has 0 aromatic rings. The highest BCUT2D eigenvalue weighted by atomic mass is 35.5. The fourth-order valence-electron chi connectivity index (χ4n) is 1.73. The van der Waals surface area contributed by atoms with Gasteiger partial charge in [0, 0.05) is 32.2 Å². The first-order valence-corrected chi connectivity index (χ1v) is 4.94. The van der Waals surface area contributed by atoms with E-state index in [0.717, 1.165) is 13.1 Å². The van der Waals surface area contributed by atoms with Crippen molar-refractivity contribution in [2.75, 3.05) is 26.2 Å². The van der Waals surface area contributed by atoms with Crippen LogP contribution in [0.25, 0.3) is 0 Å². The average Bonchev–Trinajstić information content (AvgIpc) is 1.91. The zero-order chi connectivity index (χ0) is 9.19. The summed E-state index contributed by atoms with van der Waals surface area (Å²) in [6, 6.07) is 0.706. The number of halogens is 1.